The number of rotatable bonds is 5. The Morgan fingerprint density at radius 1 is 1.14 bits per heavy atom. The summed E-state index contributed by atoms with van der Waals surface area (Å²) in [6.07, 6.45) is 3.90. The van der Waals surface area contributed by atoms with Gasteiger partial charge in [0.05, 0.1) is 28.3 Å². The summed E-state index contributed by atoms with van der Waals surface area (Å²) in [7, 11) is 7.75. The van der Waals surface area contributed by atoms with E-state index >= 15 is 0 Å². The molecule has 1 aromatic carbocycles. The number of nitrogens with zero attached hydrogens (tertiary/aromatic N) is 3. The predicted octanol–water partition coefficient (Wildman–Crippen LogP) is 3.41. The monoisotopic (exact) mass is 314 g/mol. The fraction of sp³-hybridized carbons (Fsp3) is 0.294. The quantitative estimate of drug-likeness (QED) is 0.475. The van der Waals surface area contributed by atoms with Crippen molar-refractivity contribution >= 4 is 17.3 Å². The van der Waals surface area contributed by atoms with Gasteiger partial charge in [-0.3, -0.25) is 4.48 Å². The first kappa shape index (κ1) is 17.8. The molecule has 0 bridgehead atoms. The van der Waals surface area contributed by atoms with Crippen LogP contribution in [-0.4, -0.2) is 39.0 Å². The topological polar surface area (TPSA) is 56.8 Å². The highest BCUT2D eigenvalue weighted by molar-refractivity contribution is 8.02. The van der Waals surface area contributed by atoms with Gasteiger partial charge in [-0.2, -0.15) is 10.5 Å². The molecular formula is C17H20N3OS+. The smallest absolute Gasteiger partial charge is 0.167 e. The summed E-state index contributed by atoms with van der Waals surface area (Å²) >= 11 is 1.60. The van der Waals surface area contributed by atoms with E-state index in [4.69, 9.17) is 4.74 Å². The summed E-state index contributed by atoms with van der Waals surface area (Å²) in [5.41, 5.74) is 1.55. The van der Waals surface area contributed by atoms with Gasteiger partial charge in [-0.15, -0.1) is 0 Å². The Morgan fingerprint density at radius 3 is 2.05 bits per heavy atom. The molecule has 1 rings (SSSR count). The van der Waals surface area contributed by atoms with Crippen molar-refractivity contribution in [2.75, 3.05) is 34.5 Å². The van der Waals surface area contributed by atoms with Gasteiger partial charge in [0, 0.05) is 11.6 Å². The van der Waals surface area contributed by atoms with Crippen molar-refractivity contribution in [3.63, 3.8) is 0 Å². The SMILES string of the molecule is COc1ccc(C(/C=C(/SC)[N+](C)(C)C)=C(C#N)C#N)cc1. The van der Waals surface area contributed by atoms with E-state index in [0.29, 0.717) is 10.1 Å². The van der Waals surface area contributed by atoms with Gasteiger partial charge < -0.3 is 4.74 Å². The largest absolute Gasteiger partial charge is 0.497 e. The number of benzene rings is 1. The molecule has 0 N–H and O–H groups in total. The van der Waals surface area contributed by atoms with Crippen LogP contribution in [-0.2, 0) is 0 Å². The molecule has 0 fully saturated rings. The van der Waals surface area contributed by atoms with Crippen molar-refractivity contribution in [2.45, 2.75) is 0 Å². The second kappa shape index (κ2) is 7.70. The number of thioether (sulfide) groups is 1. The maximum atomic E-state index is 9.25. The molecule has 0 amide bonds. The predicted molar refractivity (Wildman–Crippen MR) is 90.8 cm³/mol. The lowest BCUT2D eigenvalue weighted by Crippen LogP contribution is -2.31. The zero-order valence-electron chi connectivity index (χ0n) is 13.5. The highest BCUT2D eigenvalue weighted by Crippen LogP contribution is 2.29. The molecule has 114 valence electrons. The van der Waals surface area contributed by atoms with Gasteiger partial charge in [0.1, 0.15) is 23.5 Å². The van der Waals surface area contributed by atoms with Crippen LogP contribution in [0, 0.1) is 22.7 Å². The second-order valence-corrected chi connectivity index (χ2v) is 6.27. The molecule has 22 heavy (non-hydrogen) atoms. The molecule has 0 spiro atoms. The second-order valence-electron chi connectivity index (χ2n) is 5.44. The molecule has 0 saturated carbocycles. The molecule has 0 aliphatic heterocycles. The summed E-state index contributed by atoms with van der Waals surface area (Å²) in [4.78, 5) is 0. The third kappa shape index (κ3) is 4.39. The normalized spacial score (nSPS) is 11.3. The standard InChI is InChI=1S/C17H20N3OS/c1-20(2,3)17(22-5)10-16(14(11-18)12-19)13-6-8-15(21-4)9-7-13/h6-10H,1-5H3/q+1/b17-10+. The summed E-state index contributed by atoms with van der Waals surface area (Å²) in [5.74, 6) is 0.735. The van der Waals surface area contributed by atoms with Crippen LogP contribution < -0.4 is 4.74 Å². The summed E-state index contributed by atoms with van der Waals surface area (Å²) in [6.45, 7) is 0. The number of allylic oxidation sites excluding steroid dienone is 3. The summed E-state index contributed by atoms with van der Waals surface area (Å²) in [6, 6.07) is 11.3. The van der Waals surface area contributed by atoms with Crippen molar-refractivity contribution in [1.82, 2.24) is 0 Å². The first-order chi connectivity index (χ1) is 10.4. The van der Waals surface area contributed by atoms with Crippen molar-refractivity contribution in [2.24, 2.45) is 0 Å². The lowest BCUT2D eigenvalue weighted by atomic mass is 10.0. The Morgan fingerprint density at radius 2 is 1.68 bits per heavy atom. The number of ether oxygens (including phenoxy) is 1. The van der Waals surface area contributed by atoms with E-state index in [1.807, 2.05) is 69.9 Å². The summed E-state index contributed by atoms with van der Waals surface area (Å²) < 4.78 is 5.77. The van der Waals surface area contributed by atoms with E-state index < -0.39 is 0 Å². The van der Waals surface area contributed by atoms with E-state index in [1.165, 1.54) is 0 Å². The van der Waals surface area contributed by atoms with Crippen molar-refractivity contribution < 1.29 is 9.22 Å². The van der Waals surface area contributed by atoms with Gasteiger partial charge in [0.2, 0.25) is 0 Å². The molecule has 0 aliphatic carbocycles. The van der Waals surface area contributed by atoms with Crippen LogP contribution in [0.15, 0.2) is 40.9 Å². The number of nitriles is 2. The highest BCUT2D eigenvalue weighted by Gasteiger charge is 2.18. The van der Waals surface area contributed by atoms with Crippen LogP contribution in [0.25, 0.3) is 5.57 Å². The number of methoxy groups -OCH3 is 1. The van der Waals surface area contributed by atoms with Gasteiger partial charge >= 0.3 is 0 Å². The highest BCUT2D eigenvalue weighted by atomic mass is 32.2. The maximum absolute atomic E-state index is 9.25. The molecule has 0 saturated heterocycles. The Bertz CT molecular complexity index is 652. The minimum absolute atomic E-state index is 0.102. The van der Waals surface area contributed by atoms with Crippen molar-refractivity contribution in [1.29, 1.82) is 10.5 Å². The van der Waals surface area contributed by atoms with Gasteiger partial charge in [0.25, 0.3) is 0 Å². The van der Waals surface area contributed by atoms with Crippen LogP contribution >= 0.6 is 11.8 Å². The molecule has 0 atom stereocenters. The van der Waals surface area contributed by atoms with Crippen LogP contribution in [0.4, 0.5) is 0 Å². The van der Waals surface area contributed by atoms with Gasteiger partial charge in [-0.1, -0.05) is 23.9 Å². The first-order valence-electron chi connectivity index (χ1n) is 6.64. The first-order valence-corrected chi connectivity index (χ1v) is 7.86. The molecule has 5 heteroatoms. The van der Waals surface area contributed by atoms with E-state index in [-0.39, 0.29) is 5.57 Å². The molecule has 0 heterocycles. The third-order valence-electron chi connectivity index (χ3n) is 3.03. The van der Waals surface area contributed by atoms with Gasteiger partial charge in [0.15, 0.2) is 5.03 Å². The Hall–Kier alpha value is -2.21. The van der Waals surface area contributed by atoms with Crippen LogP contribution in [0.2, 0.25) is 0 Å². The van der Waals surface area contributed by atoms with Crippen LogP contribution in [0.3, 0.4) is 0 Å². The molecule has 0 aliphatic rings. The lowest BCUT2D eigenvalue weighted by Gasteiger charge is -2.25. The zero-order chi connectivity index (χ0) is 16.8. The number of quaternary nitrogens is 1. The van der Waals surface area contributed by atoms with Gasteiger partial charge in [-0.05, 0) is 24.0 Å². The Labute approximate surface area is 136 Å². The van der Waals surface area contributed by atoms with Crippen LogP contribution in [0.1, 0.15) is 5.56 Å². The Kier molecular flexibility index (Phi) is 6.24. The molecule has 1 aromatic rings. The van der Waals surface area contributed by atoms with E-state index in [9.17, 15) is 10.5 Å². The average molecular weight is 314 g/mol. The summed E-state index contributed by atoms with van der Waals surface area (Å²) in [5, 5.41) is 19.6. The molecular weight excluding hydrogens is 294 g/mol. The van der Waals surface area contributed by atoms with E-state index in [2.05, 4.69) is 0 Å². The van der Waals surface area contributed by atoms with Crippen molar-refractivity contribution in [3.05, 3.63) is 46.5 Å². The molecule has 0 radical (unpaired) electrons. The Balaban J connectivity index is 3.51. The number of hydrogen-bond donors (Lipinski definition) is 0. The minimum Gasteiger partial charge on any atom is -0.497 e. The van der Waals surface area contributed by atoms with Crippen molar-refractivity contribution in [3.8, 4) is 17.9 Å². The minimum atomic E-state index is 0.102. The third-order valence-corrected chi connectivity index (χ3v) is 4.12. The maximum Gasteiger partial charge on any atom is 0.167 e. The number of hydrogen-bond acceptors (Lipinski definition) is 4. The fourth-order valence-electron chi connectivity index (χ4n) is 1.87. The zero-order valence-corrected chi connectivity index (χ0v) is 14.4. The molecule has 4 nitrogen and oxygen atoms in total. The molecule has 0 aromatic heterocycles. The lowest BCUT2D eigenvalue weighted by molar-refractivity contribution is -0.822. The molecule has 0 unspecified atom stereocenters. The van der Waals surface area contributed by atoms with E-state index in [0.717, 1.165) is 16.3 Å². The van der Waals surface area contributed by atoms with Crippen LogP contribution in [0.5, 0.6) is 5.75 Å². The van der Waals surface area contributed by atoms with Gasteiger partial charge in [-0.25, -0.2) is 0 Å². The van der Waals surface area contributed by atoms with E-state index in [1.54, 1.807) is 18.9 Å². The average Bonchev–Trinajstić information content (AvgIpc) is 2.50. The fourth-order valence-corrected chi connectivity index (χ4v) is 2.65.